The van der Waals surface area contributed by atoms with Crippen molar-refractivity contribution in [3.63, 3.8) is 0 Å². The molecule has 0 spiro atoms. The van der Waals surface area contributed by atoms with Crippen LogP contribution in [0.25, 0.3) is 0 Å². The van der Waals surface area contributed by atoms with Crippen molar-refractivity contribution in [2.75, 3.05) is 33.4 Å². The number of methoxy groups -OCH3 is 1. The summed E-state index contributed by atoms with van der Waals surface area (Å²) in [6, 6.07) is 7.56. The van der Waals surface area contributed by atoms with Gasteiger partial charge in [-0.3, -0.25) is 0 Å². The van der Waals surface area contributed by atoms with Crippen molar-refractivity contribution in [3.05, 3.63) is 24.3 Å². The van der Waals surface area contributed by atoms with Crippen LogP contribution in [0.15, 0.2) is 24.3 Å². The van der Waals surface area contributed by atoms with Gasteiger partial charge in [-0.1, -0.05) is 0 Å². The molecule has 15 heavy (non-hydrogen) atoms. The molecular weight excluding hydrogens is 194 g/mol. The molecule has 1 aliphatic rings. The molecule has 0 unspecified atom stereocenters. The normalized spacial score (nSPS) is 17.4. The average molecular weight is 209 g/mol. The van der Waals surface area contributed by atoms with E-state index >= 15 is 0 Å². The molecule has 1 fully saturated rings. The molecule has 0 N–H and O–H groups in total. The lowest BCUT2D eigenvalue weighted by atomic mass is 10.3. The maximum Gasteiger partial charge on any atom is 0.147 e. The number of benzene rings is 1. The lowest BCUT2D eigenvalue weighted by Gasteiger charge is -2.26. The number of hydroxylamine groups is 2. The molecule has 0 saturated carbocycles. The smallest absolute Gasteiger partial charge is 0.147 e. The summed E-state index contributed by atoms with van der Waals surface area (Å²) in [6.07, 6.45) is 0. The van der Waals surface area contributed by atoms with Gasteiger partial charge in [0.25, 0.3) is 0 Å². The highest BCUT2D eigenvalue weighted by molar-refractivity contribution is 5.30. The zero-order valence-electron chi connectivity index (χ0n) is 8.81. The fourth-order valence-electron chi connectivity index (χ4n) is 1.42. The minimum Gasteiger partial charge on any atom is -0.497 e. The van der Waals surface area contributed by atoms with Gasteiger partial charge in [-0.05, 0) is 24.3 Å². The lowest BCUT2D eigenvalue weighted by molar-refractivity contribution is -0.118. The summed E-state index contributed by atoms with van der Waals surface area (Å²) in [5.74, 6) is 1.67. The first-order valence-electron chi connectivity index (χ1n) is 5.03. The van der Waals surface area contributed by atoms with Crippen molar-refractivity contribution in [2.45, 2.75) is 0 Å². The molecule has 1 aromatic carbocycles. The van der Waals surface area contributed by atoms with Gasteiger partial charge < -0.3 is 14.3 Å². The summed E-state index contributed by atoms with van der Waals surface area (Å²) in [5, 5.41) is 1.91. The third kappa shape index (κ3) is 2.84. The summed E-state index contributed by atoms with van der Waals surface area (Å²) in [6.45, 7) is 3.09. The molecule has 0 radical (unpaired) electrons. The quantitative estimate of drug-likeness (QED) is 0.751. The minimum absolute atomic E-state index is 0.732. The van der Waals surface area contributed by atoms with E-state index in [4.69, 9.17) is 14.3 Å². The number of hydrogen-bond acceptors (Lipinski definition) is 4. The molecule has 1 saturated heterocycles. The van der Waals surface area contributed by atoms with Crippen molar-refractivity contribution in [1.82, 2.24) is 5.06 Å². The van der Waals surface area contributed by atoms with Crippen molar-refractivity contribution in [1.29, 1.82) is 0 Å². The van der Waals surface area contributed by atoms with Gasteiger partial charge in [0.05, 0.1) is 33.4 Å². The van der Waals surface area contributed by atoms with Crippen LogP contribution in [0.5, 0.6) is 11.5 Å². The van der Waals surface area contributed by atoms with Gasteiger partial charge in [0.2, 0.25) is 0 Å². The third-order valence-corrected chi connectivity index (χ3v) is 2.26. The Kier molecular flexibility index (Phi) is 3.42. The molecule has 2 rings (SSSR count). The van der Waals surface area contributed by atoms with E-state index in [1.54, 1.807) is 7.11 Å². The maximum absolute atomic E-state index is 5.65. The van der Waals surface area contributed by atoms with Crippen molar-refractivity contribution < 1.29 is 14.3 Å². The Labute approximate surface area is 89.3 Å². The van der Waals surface area contributed by atoms with Gasteiger partial charge in [0.15, 0.2) is 0 Å². The van der Waals surface area contributed by atoms with Crippen LogP contribution in [0.4, 0.5) is 0 Å². The highest BCUT2D eigenvalue weighted by Crippen LogP contribution is 2.18. The molecule has 1 aromatic rings. The van der Waals surface area contributed by atoms with Gasteiger partial charge in [0, 0.05) is 0 Å². The Morgan fingerprint density at radius 1 is 1.07 bits per heavy atom. The monoisotopic (exact) mass is 209 g/mol. The zero-order valence-corrected chi connectivity index (χ0v) is 8.81. The summed E-state index contributed by atoms with van der Waals surface area (Å²) < 4.78 is 10.3. The van der Waals surface area contributed by atoms with Gasteiger partial charge in [-0.15, -0.1) is 5.06 Å². The van der Waals surface area contributed by atoms with Crippen molar-refractivity contribution >= 4 is 0 Å². The largest absolute Gasteiger partial charge is 0.497 e. The van der Waals surface area contributed by atoms with Gasteiger partial charge in [0.1, 0.15) is 11.5 Å². The molecule has 0 aromatic heterocycles. The highest BCUT2D eigenvalue weighted by Gasteiger charge is 2.11. The minimum atomic E-state index is 0.732. The number of rotatable bonds is 3. The summed E-state index contributed by atoms with van der Waals surface area (Å²) in [5.41, 5.74) is 0. The van der Waals surface area contributed by atoms with Crippen LogP contribution in [-0.2, 0) is 4.74 Å². The van der Waals surface area contributed by atoms with Gasteiger partial charge in [-0.25, -0.2) is 0 Å². The van der Waals surface area contributed by atoms with E-state index in [-0.39, 0.29) is 0 Å². The van der Waals surface area contributed by atoms with E-state index in [1.807, 2.05) is 29.3 Å². The highest BCUT2D eigenvalue weighted by atomic mass is 16.7. The molecule has 0 atom stereocenters. The average Bonchev–Trinajstić information content (AvgIpc) is 2.31. The molecular formula is C11H15NO3. The summed E-state index contributed by atoms with van der Waals surface area (Å²) >= 11 is 0. The van der Waals surface area contributed by atoms with E-state index in [1.165, 1.54) is 0 Å². The third-order valence-electron chi connectivity index (χ3n) is 2.26. The molecule has 0 aliphatic carbocycles. The Bertz CT molecular complexity index is 293. The standard InChI is InChI=1S/C11H15NO3/c1-13-10-2-4-11(5-3-10)15-12-6-8-14-9-7-12/h2-5H,6-9H2,1H3. The van der Waals surface area contributed by atoms with E-state index in [9.17, 15) is 0 Å². The maximum atomic E-state index is 5.65. The number of nitrogens with zero attached hydrogens (tertiary/aromatic N) is 1. The van der Waals surface area contributed by atoms with Crippen LogP contribution in [-0.4, -0.2) is 38.5 Å². The predicted molar refractivity (Wildman–Crippen MR) is 56.0 cm³/mol. The first kappa shape index (κ1) is 10.3. The van der Waals surface area contributed by atoms with Crippen molar-refractivity contribution in [2.24, 2.45) is 0 Å². The SMILES string of the molecule is COc1ccc(ON2CCOCC2)cc1. The Morgan fingerprint density at radius 2 is 1.67 bits per heavy atom. The molecule has 4 heteroatoms. The van der Waals surface area contributed by atoms with Crippen LogP contribution >= 0.6 is 0 Å². The van der Waals surface area contributed by atoms with E-state index in [2.05, 4.69) is 0 Å². The second-order valence-corrected chi connectivity index (χ2v) is 3.31. The first-order valence-corrected chi connectivity index (χ1v) is 5.03. The molecule has 0 amide bonds. The zero-order chi connectivity index (χ0) is 10.5. The lowest BCUT2D eigenvalue weighted by Crippen LogP contribution is -2.38. The van der Waals surface area contributed by atoms with Crippen LogP contribution in [0, 0.1) is 0 Å². The topological polar surface area (TPSA) is 30.9 Å². The van der Waals surface area contributed by atoms with Crippen LogP contribution in [0.3, 0.4) is 0 Å². The van der Waals surface area contributed by atoms with E-state index in [0.717, 1.165) is 37.8 Å². The second kappa shape index (κ2) is 5.00. The van der Waals surface area contributed by atoms with Gasteiger partial charge >= 0.3 is 0 Å². The van der Waals surface area contributed by atoms with E-state index < -0.39 is 0 Å². The Hall–Kier alpha value is -1.26. The summed E-state index contributed by atoms with van der Waals surface area (Å²) in [7, 11) is 1.65. The first-order chi connectivity index (χ1) is 7.38. The number of hydrogen-bond donors (Lipinski definition) is 0. The van der Waals surface area contributed by atoms with Crippen LogP contribution < -0.4 is 9.57 Å². The fraction of sp³-hybridized carbons (Fsp3) is 0.455. The molecule has 4 nitrogen and oxygen atoms in total. The van der Waals surface area contributed by atoms with Gasteiger partial charge in [-0.2, -0.15) is 0 Å². The Balaban J connectivity index is 1.91. The molecule has 0 bridgehead atoms. The molecule has 1 aliphatic heterocycles. The van der Waals surface area contributed by atoms with E-state index in [0.29, 0.717) is 0 Å². The van der Waals surface area contributed by atoms with Crippen LogP contribution in [0.1, 0.15) is 0 Å². The molecule has 82 valence electrons. The number of morpholine rings is 1. The molecule has 1 heterocycles. The second-order valence-electron chi connectivity index (χ2n) is 3.31. The predicted octanol–water partition coefficient (Wildman–Crippen LogP) is 1.32. The number of ether oxygens (including phenoxy) is 2. The Morgan fingerprint density at radius 3 is 2.27 bits per heavy atom. The fourth-order valence-corrected chi connectivity index (χ4v) is 1.42. The van der Waals surface area contributed by atoms with Crippen molar-refractivity contribution in [3.8, 4) is 11.5 Å². The summed E-state index contributed by atoms with van der Waals surface area (Å²) in [4.78, 5) is 5.65. The van der Waals surface area contributed by atoms with Crippen LogP contribution in [0.2, 0.25) is 0 Å².